The largest absolute Gasteiger partial charge is 0.497 e. The number of amides is 2. The third kappa shape index (κ3) is 6.92. The number of anilines is 1. The highest BCUT2D eigenvalue weighted by atomic mass is 31.0. The first-order chi connectivity index (χ1) is 19.6. The van der Waals surface area contributed by atoms with Crippen molar-refractivity contribution in [1.82, 2.24) is 9.88 Å². The molecule has 2 aromatic carbocycles. The number of halogens is 2. The number of nitrogens with zero attached hydrogens (tertiary/aromatic N) is 2. The molecule has 1 aliphatic rings. The van der Waals surface area contributed by atoms with Gasteiger partial charge in [0.1, 0.15) is 23.2 Å². The number of benzene rings is 2. The lowest BCUT2D eigenvalue weighted by Gasteiger charge is -2.21. The van der Waals surface area contributed by atoms with Gasteiger partial charge >= 0.3 is 5.85 Å². The average Bonchev–Trinajstić information content (AvgIpc) is 3.27. The molecule has 4 atom stereocenters. The number of alkyl halides is 2. The smallest absolute Gasteiger partial charge is 0.408 e. The fourth-order valence-corrected chi connectivity index (χ4v) is 5.03. The molecule has 1 aromatic heterocycles. The maximum Gasteiger partial charge on any atom is 0.408 e. The summed E-state index contributed by atoms with van der Waals surface area (Å²) in [6.07, 6.45) is 2.32. The Bertz CT molecular complexity index is 1430. The van der Waals surface area contributed by atoms with Gasteiger partial charge in [-0.2, -0.15) is 8.78 Å². The number of aromatic nitrogens is 1. The summed E-state index contributed by atoms with van der Waals surface area (Å²) in [6, 6.07) is 14.4. The van der Waals surface area contributed by atoms with Gasteiger partial charge in [-0.3, -0.25) is 14.4 Å². The van der Waals surface area contributed by atoms with Gasteiger partial charge in [-0.05, 0) is 69.8 Å². The molecular weight excluding hydrogens is 555 g/mol. The van der Waals surface area contributed by atoms with Gasteiger partial charge in [-0.1, -0.05) is 19.1 Å². The second kappa shape index (κ2) is 12.8. The molecule has 41 heavy (non-hydrogen) atoms. The number of nitrogens with one attached hydrogen (secondary N) is 1. The molecule has 0 radical (unpaired) electrons. The van der Waals surface area contributed by atoms with Gasteiger partial charge in [-0.15, -0.1) is 0 Å². The lowest BCUT2D eigenvalue weighted by atomic mass is 9.93. The van der Waals surface area contributed by atoms with Crippen LogP contribution < -0.4 is 25.2 Å². The molecule has 1 N–H and O–H groups in total. The summed E-state index contributed by atoms with van der Waals surface area (Å²) >= 11 is 0. The first kappa shape index (κ1) is 30.1. The molecule has 12 heteroatoms. The lowest BCUT2D eigenvalue weighted by molar-refractivity contribution is -0.118. The van der Waals surface area contributed by atoms with Gasteiger partial charge in [0.25, 0.3) is 11.5 Å². The molecule has 1 fully saturated rings. The summed E-state index contributed by atoms with van der Waals surface area (Å²) < 4.78 is 42.9. The van der Waals surface area contributed by atoms with Crippen molar-refractivity contribution in [3.05, 3.63) is 88.3 Å². The van der Waals surface area contributed by atoms with E-state index in [1.807, 2.05) is 19.1 Å². The highest BCUT2D eigenvalue weighted by Crippen LogP contribution is 2.33. The molecular formula is C29H32F2N3O6P. The van der Waals surface area contributed by atoms with Crippen LogP contribution in [-0.2, 0) is 9.53 Å². The third-order valence-corrected chi connectivity index (χ3v) is 7.10. The minimum absolute atomic E-state index is 0.125. The standard InChI is InChI=1S/C29H32F2N3O6P/c1-4-20(17-38-2)33-15-5-6-24(27(33)36)34-16-23(18-7-11-21(39-3)12-8-18)25(28(34)37)32-26(35)19-9-13-22(14-10-19)40-29(30,31)41/h5-15,20,23,25H,4,16-17,41H2,1-3H3,(H,32,35)/t20?,23-,25-/m0/s1. The molecule has 0 saturated carbocycles. The fraction of sp³-hybridized carbons (Fsp3) is 0.345. The summed E-state index contributed by atoms with van der Waals surface area (Å²) in [4.78, 5) is 42.0. The van der Waals surface area contributed by atoms with E-state index in [2.05, 4.69) is 10.1 Å². The SMILES string of the molecule is CCC(COC)n1cccc(N2C[C@@H](c3ccc(OC)cc3)[C@H](NC(=O)c3ccc(OC(F)(F)P)cc3)C2=O)c1=O. The summed E-state index contributed by atoms with van der Waals surface area (Å²) in [5, 5.41) is 2.79. The number of ether oxygens (including phenoxy) is 3. The van der Waals surface area contributed by atoms with Crippen LogP contribution in [0.15, 0.2) is 71.7 Å². The maximum atomic E-state index is 13.8. The Morgan fingerprint density at radius 3 is 2.32 bits per heavy atom. The maximum absolute atomic E-state index is 13.8. The number of carbonyl (C=O) groups excluding carboxylic acids is 2. The van der Waals surface area contributed by atoms with Crippen molar-refractivity contribution in [3.63, 3.8) is 0 Å². The van der Waals surface area contributed by atoms with Gasteiger partial charge in [0.15, 0.2) is 0 Å². The predicted molar refractivity (Wildman–Crippen MR) is 153 cm³/mol. The number of carbonyl (C=O) groups is 2. The monoisotopic (exact) mass is 587 g/mol. The van der Waals surface area contributed by atoms with Crippen molar-refractivity contribution in [2.75, 3.05) is 32.3 Å². The van der Waals surface area contributed by atoms with Crippen LogP contribution in [0.2, 0.25) is 0 Å². The molecule has 0 bridgehead atoms. The van der Waals surface area contributed by atoms with Crippen LogP contribution in [0.4, 0.5) is 14.5 Å². The average molecular weight is 588 g/mol. The minimum Gasteiger partial charge on any atom is -0.497 e. The Labute approximate surface area is 238 Å². The summed E-state index contributed by atoms with van der Waals surface area (Å²) in [5.74, 6) is -4.47. The van der Waals surface area contributed by atoms with Crippen LogP contribution in [0.25, 0.3) is 0 Å². The van der Waals surface area contributed by atoms with E-state index >= 15 is 0 Å². The molecule has 0 aliphatic carbocycles. The van der Waals surface area contributed by atoms with Crippen LogP contribution in [0.5, 0.6) is 11.5 Å². The van der Waals surface area contributed by atoms with Crippen molar-refractivity contribution in [1.29, 1.82) is 0 Å². The van der Waals surface area contributed by atoms with Crippen LogP contribution >= 0.6 is 9.24 Å². The second-order valence-corrected chi connectivity index (χ2v) is 10.3. The molecule has 4 rings (SSSR count). The Balaban J connectivity index is 1.66. The first-order valence-corrected chi connectivity index (χ1v) is 13.6. The molecule has 2 heterocycles. The van der Waals surface area contributed by atoms with Gasteiger partial charge in [0, 0.05) is 31.3 Å². The molecule has 2 unspecified atom stereocenters. The van der Waals surface area contributed by atoms with Gasteiger partial charge < -0.3 is 29.0 Å². The van der Waals surface area contributed by atoms with Gasteiger partial charge in [0.05, 0.1) is 19.8 Å². The highest BCUT2D eigenvalue weighted by Gasteiger charge is 2.44. The molecule has 3 aromatic rings. The zero-order chi connectivity index (χ0) is 29.7. The van der Waals surface area contributed by atoms with E-state index in [0.717, 1.165) is 5.56 Å². The van der Waals surface area contributed by atoms with Crippen LogP contribution in [0.1, 0.15) is 41.2 Å². The number of hydrogen-bond donors (Lipinski definition) is 1. The van der Waals surface area contributed by atoms with Crippen molar-refractivity contribution >= 4 is 26.7 Å². The third-order valence-electron chi connectivity index (χ3n) is 6.98. The minimum atomic E-state index is -3.45. The number of pyridine rings is 1. The van der Waals surface area contributed by atoms with Crippen LogP contribution in [-0.4, -0.2) is 55.6 Å². The van der Waals surface area contributed by atoms with Crippen LogP contribution in [0, 0.1) is 0 Å². The molecule has 1 saturated heterocycles. The Morgan fingerprint density at radius 2 is 1.73 bits per heavy atom. The zero-order valence-corrected chi connectivity index (χ0v) is 24.0. The van der Waals surface area contributed by atoms with Crippen molar-refractivity contribution in [2.24, 2.45) is 0 Å². The van der Waals surface area contributed by atoms with E-state index in [4.69, 9.17) is 9.47 Å². The summed E-state index contributed by atoms with van der Waals surface area (Å²) in [7, 11) is 4.39. The molecule has 2 amide bonds. The number of hydrogen-bond acceptors (Lipinski definition) is 6. The molecule has 9 nitrogen and oxygen atoms in total. The van der Waals surface area contributed by atoms with Gasteiger partial charge in [-0.25, -0.2) is 0 Å². The summed E-state index contributed by atoms with van der Waals surface area (Å²) in [6.45, 7) is 2.42. The number of methoxy groups -OCH3 is 2. The van der Waals surface area contributed by atoms with E-state index in [1.165, 1.54) is 38.4 Å². The summed E-state index contributed by atoms with van der Waals surface area (Å²) in [5.41, 5.74) is 0.769. The quantitative estimate of drug-likeness (QED) is 0.338. The van der Waals surface area contributed by atoms with E-state index in [0.29, 0.717) is 18.8 Å². The predicted octanol–water partition coefficient (Wildman–Crippen LogP) is 4.19. The first-order valence-electron chi connectivity index (χ1n) is 13.0. The van der Waals surface area contributed by atoms with E-state index < -0.39 is 29.6 Å². The van der Waals surface area contributed by atoms with Crippen LogP contribution in [0.3, 0.4) is 0 Å². The lowest BCUT2D eigenvalue weighted by Crippen LogP contribution is -2.44. The van der Waals surface area contributed by atoms with Gasteiger partial charge in [0.2, 0.25) is 5.91 Å². The molecule has 1 aliphatic heterocycles. The fourth-order valence-electron chi connectivity index (χ4n) is 4.89. The van der Waals surface area contributed by atoms with Crippen molar-refractivity contribution < 1.29 is 32.6 Å². The second-order valence-electron chi connectivity index (χ2n) is 9.59. The molecule has 218 valence electrons. The zero-order valence-electron chi connectivity index (χ0n) is 22.9. The van der Waals surface area contributed by atoms with E-state index in [-0.39, 0.29) is 35.1 Å². The van der Waals surface area contributed by atoms with Crippen molar-refractivity contribution in [3.8, 4) is 11.5 Å². The van der Waals surface area contributed by atoms with Crippen molar-refractivity contribution in [2.45, 2.75) is 37.2 Å². The topological polar surface area (TPSA) is 99.1 Å². The normalized spacial score (nSPS) is 17.8. The number of rotatable bonds is 11. The van der Waals surface area contributed by atoms with E-state index in [9.17, 15) is 23.2 Å². The Morgan fingerprint density at radius 1 is 1.07 bits per heavy atom. The Hall–Kier alpha value is -3.82. The van der Waals surface area contributed by atoms with E-state index in [1.54, 1.807) is 49.2 Å². The molecule has 0 spiro atoms. The Kier molecular flexibility index (Phi) is 9.40. The highest BCUT2D eigenvalue weighted by molar-refractivity contribution is 7.17.